The molecule has 0 saturated carbocycles. The van der Waals surface area contributed by atoms with Crippen LogP contribution in [0.25, 0.3) is 5.69 Å². The first-order valence-electron chi connectivity index (χ1n) is 8.77. The summed E-state index contributed by atoms with van der Waals surface area (Å²) < 4.78 is 44.9. The van der Waals surface area contributed by atoms with E-state index in [9.17, 15) is 18.0 Å². The van der Waals surface area contributed by atoms with Gasteiger partial charge in [-0.3, -0.25) is 5.32 Å². The fourth-order valence-electron chi connectivity index (χ4n) is 2.70. The summed E-state index contributed by atoms with van der Waals surface area (Å²) in [5, 5.41) is 7.28. The Kier molecular flexibility index (Phi) is 6.12. The number of rotatable bonds is 5. The molecule has 3 aromatic rings. The number of alkyl halides is 3. The lowest BCUT2D eigenvalue weighted by Gasteiger charge is -2.11. The van der Waals surface area contributed by atoms with E-state index >= 15 is 0 Å². The molecule has 0 aliphatic heterocycles. The van der Waals surface area contributed by atoms with E-state index in [2.05, 4.69) is 10.4 Å². The summed E-state index contributed by atoms with van der Waals surface area (Å²) >= 11 is 5.92. The van der Waals surface area contributed by atoms with Gasteiger partial charge < -0.3 is 4.74 Å². The van der Waals surface area contributed by atoms with Crippen molar-refractivity contribution in [2.75, 3.05) is 5.32 Å². The van der Waals surface area contributed by atoms with E-state index < -0.39 is 17.8 Å². The van der Waals surface area contributed by atoms with E-state index in [0.29, 0.717) is 17.1 Å². The van der Waals surface area contributed by atoms with E-state index in [-0.39, 0.29) is 11.4 Å². The highest BCUT2D eigenvalue weighted by Crippen LogP contribution is 2.30. The van der Waals surface area contributed by atoms with Crippen molar-refractivity contribution in [3.05, 3.63) is 71.0 Å². The molecule has 1 N–H and O–H groups in total. The molecule has 1 heterocycles. The molecule has 0 spiro atoms. The van der Waals surface area contributed by atoms with Gasteiger partial charge in [-0.25, -0.2) is 9.48 Å². The van der Waals surface area contributed by atoms with Gasteiger partial charge in [0.15, 0.2) is 5.75 Å². The third kappa shape index (κ3) is 5.08. The Morgan fingerprint density at radius 1 is 1.14 bits per heavy atom. The number of anilines is 1. The zero-order valence-electron chi connectivity index (χ0n) is 15.3. The Morgan fingerprint density at radius 2 is 1.79 bits per heavy atom. The summed E-state index contributed by atoms with van der Waals surface area (Å²) in [6.07, 6.45) is -2.45. The van der Waals surface area contributed by atoms with Gasteiger partial charge in [-0.1, -0.05) is 24.9 Å². The zero-order chi connectivity index (χ0) is 21.0. The van der Waals surface area contributed by atoms with Crippen molar-refractivity contribution in [1.29, 1.82) is 0 Å². The van der Waals surface area contributed by atoms with E-state index in [1.165, 1.54) is 6.20 Å². The summed E-state index contributed by atoms with van der Waals surface area (Å²) in [4.78, 5) is 12.2. The molecule has 152 valence electrons. The van der Waals surface area contributed by atoms with Crippen LogP contribution in [0.4, 0.5) is 23.7 Å². The van der Waals surface area contributed by atoms with Crippen molar-refractivity contribution in [2.45, 2.75) is 25.9 Å². The lowest BCUT2D eigenvalue weighted by Crippen LogP contribution is -2.17. The number of halogens is 4. The van der Waals surface area contributed by atoms with Gasteiger partial charge in [0.2, 0.25) is 0 Å². The third-order valence-corrected chi connectivity index (χ3v) is 4.30. The smallest absolute Gasteiger partial charge is 0.406 e. The molecule has 0 radical (unpaired) electrons. The minimum Gasteiger partial charge on any atom is -0.406 e. The maximum Gasteiger partial charge on any atom is 0.417 e. The van der Waals surface area contributed by atoms with Crippen LogP contribution in [0.15, 0.2) is 54.7 Å². The highest BCUT2D eigenvalue weighted by atomic mass is 35.5. The molecule has 0 saturated heterocycles. The fraction of sp³-hybridized carbons (Fsp3) is 0.200. The number of carbonyl (C=O) groups is 1. The molecule has 0 bridgehead atoms. The van der Waals surface area contributed by atoms with Crippen LogP contribution in [0.1, 0.15) is 24.6 Å². The van der Waals surface area contributed by atoms with Crippen LogP contribution in [0.3, 0.4) is 0 Å². The number of nitrogens with zero attached hydrogens (tertiary/aromatic N) is 2. The second-order valence-electron chi connectivity index (χ2n) is 6.18. The average Bonchev–Trinajstić information content (AvgIpc) is 3.05. The number of carbonyl (C=O) groups excluding carboxylic acids is 1. The molecule has 0 unspecified atom stereocenters. The fourth-order valence-corrected chi connectivity index (χ4v) is 2.83. The molecular formula is C20H17ClF3N3O2. The zero-order valence-corrected chi connectivity index (χ0v) is 16.1. The number of ether oxygens (including phenoxy) is 1. The molecular weight excluding hydrogens is 407 g/mol. The van der Waals surface area contributed by atoms with E-state index in [0.717, 1.165) is 36.4 Å². The highest BCUT2D eigenvalue weighted by molar-refractivity contribution is 6.30. The summed E-state index contributed by atoms with van der Waals surface area (Å²) in [5.74, 6) is 0.270. The first kappa shape index (κ1) is 20.7. The van der Waals surface area contributed by atoms with Crippen molar-refractivity contribution in [1.82, 2.24) is 9.78 Å². The van der Waals surface area contributed by atoms with Gasteiger partial charge in [-0.15, -0.1) is 0 Å². The molecule has 2 aromatic carbocycles. The summed E-state index contributed by atoms with van der Waals surface area (Å²) in [7, 11) is 0. The Hall–Kier alpha value is -3.00. The molecule has 1 amide bonds. The molecule has 29 heavy (non-hydrogen) atoms. The van der Waals surface area contributed by atoms with Crippen molar-refractivity contribution >= 4 is 23.4 Å². The van der Waals surface area contributed by atoms with Crippen molar-refractivity contribution in [3.8, 4) is 11.4 Å². The van der Waals surface area contributed by atoms with Gasteiger partial charge in [-0.05, 0) is 55.0 Å². The van der Waals surface area contributed by atoms with Crippen LogP contribution in [0.2, 0.25) is 5.02 Å². The van der Waals surface area contributed by atoms with Gasteiger partial charge in [0, 0.05) is 10.7 Å². The van der Waals surface area contributed by atoms with Crippen LogP contribution in [-0.4, -0.2) is 15.9 Å². The van der Waals surface area contributed by atoms with Gasteiger partial charge in [-0.2, -0.15) is 18.3 Å². The molecule has 0 aliphatic rings. The van der Waals surface area contributed by atoms with Crippen molar-refractivity contribution in [3.63, 3.8) is 0 Å². The standard InChI is InChI=1S/C20H17ClF3N3O2/c1-2-3-17-18(12-25-27(17)16-10-6-14(21)7-11-16)29-19(28)26-15-8-4-13(5-9-15)20(22,23)24/h4-12H,2-3H2,1H3,(H,26,28). The number of hydrogen-bond donors (Lipinski definition) is 1. The predicted octanol–water partition coefficient (Wildman–Crippen LogP) is 6.11. The third-order valence-electron chi connectivity index (χ3n) is 4.05. The maximum atomic E-state index is 12.6. The van der Waals surface area contributed by atoms with E-state index in [1.807, 2.05) is 6.92 Å². The first-order chi connectivity index (χ1) is 13.8. The van der Waals surface area contributed by atoms with E-state index in [4.69, 9.17) is 16.3 Å². The maximum absolute atomic E-state index is 12.6. The van der Waals surface area contributed by atoms with Gasteiger partial charge >= 0.3 is 12.3 Å². The molecule has 3 rings (SSSR count). The second kappa shape index (κ2) is 8.57. The van der Waals surface area contributed by atoms with Crippen molar-refractivity contribution < 1.29 is 22.7 Å². The topological polar surface area (TPSA) is 56.1 Å². The Balaban J connectivity index is 1.75. The Bertz CT molecular complexity index is 984. The molecule has 0 aliphatic carbocycles. The van der Waals surface area contributed by atoms with Gasteiger partial charge in [0.1, 0.15) is 0 Å². The van der Waals surface area contributed by atoms with Crippen LogP contribution in [0.5, 0.6) is 5.75 Å². The molecule has 1 aromatic heterocycles. The van der Waals surface area contributed by atoms with Crippen LogP contribution >= 0.6 is 11.6 Å². The first-order valence-corrected chi connectivity index (χ1v) is 9.14. The number of benzene rings is 2. The molecule has 0 fully saturated rings. The van der Waals surface area contributed by atoms with Gasteiger partial charge in [0.25, 0.3) is 0 Å². The number of nitrogens with one attached hydrogen (secondary N) is 1. The predicted molar refractivity (Wildman–Crippen MR) is 104 cm³/mol. The van der Waals surface area contributed by atoms with E-state index in [1.54, 1.807) is 28.9 Å². The lowest BCUT2D eigenvalue weighted by atomic mass is 10.2. The van der Waals surface area contributed by atoms with Gasteiger partial charge in [0.05, 0.1) is 23.1 Å². The quantitative estimate of drug-likeness (QED) is 0.538. The molecule has 0 atom stereocenters. The summed E-state index contributed by atoms with van der Waals surface area (Å²) in [6.45, 7) is 1.98. The SMILES string of the molecule is CCCc1c(OC(=O)Nc2ccc(C(F)(F)F)cc2)cnn1-c1ccc(Cl)cc1. The molecule has 5 nitrogen and oxygen atoms in total. The lowest BCUT2D eigenvalue weighted by molar-refractivity contribution is -0.137. The largest absolute Gasteiger partial charge is 0.417 e. The minimum absolute atomic E-state index is 0.185. The minimum atomic E-state index is -4.44. The highest BCUT2D eigenvalue weighted by Gasteiger charge is 2.30. The second-order valence-corrected chi connectivity index (χ2v) is 6.62. The summed E-state index contributed by atoms with van der Waals surface area (Å²) in [5.41, 5.74) is 0.837. The van der Waals surface area contributed by atoms with Crippen LogP contribution < -0.4 is 10.1 Å². The monoisotopic (exact) mass is 423 g/mol. The number of hydrogen-bond acceptors (Lipinski definition) is 3. The molecule has 9 heteroatoms. The van der Waals surface area contributed by atoms with Crippen LogP contribution in [-0.2, 0) is 12.6 Å². The Labute approximate surface area is 170 Å². The number of aromatic nitrogens is 2. The average molecular weight is 424 g/mol. The number of amides is 1. The summed E-state index contributed by atoms with van der Waals surface area (Å²) in [6, 6.07) is 11.1. The Morgan fingerprint density at radius 3 is 2.38 bits per heavy atom. The normalized spacial score (nSPS) is 11.3. The van der Waals surface area contributed by atoms with Crippen LogP contribution in [0, 0.1) is 0 Å². The van der Waals surface area contributed by atoms with Crippen molar-refractivity contribution in [2.24, 2.45) is 0 Å².